The summed E-state index contributed by atoms with van der Waals surface area (Å²) in [5.41, 5.74) is -1.02. The van der Waals surface area contributed by atoms with Crippen molar-refractivity contribution in [3.63, 3.8) is 0 Å². The highest BCUT2D eigenvalue weighted by atomic mass is 16.3. The van der Waals surface area contributed by atoms with Gasteiger partial charge in [-0.2, -0.15) is 5.26 Å². The summed E-state index contributed by atoms with van der Waals surface area (Å²) >= 11 is 0. The fourth-order valence-electron chi connectivity index (χ4n) is 0.501. The summed E-state index contributed by atoms with van der Waals surface area (Å²) < 4.78 is 0. The van der Waals surface area contributed by atoms with Gasteiger partial charge in [0.05, 0.1) is 12.7 Å². The molecule has 68 valence electrons. The zero-order valence-electron chi connectivity index (χ0n) is 7.59. The van der Waals surface area contributed by atoms with Crippen LogP contribution >= 0.6 is 0 Å². The summed E-state index contributed by atoms with van der Waals surface area (Å²) in [6.45, 7) is 4.62. The van der Waals surface area contributed by atoms with Gasteiger partial charge in [0.15, 0.2) is 0 Å². The van der Waals surface area contributed by atoms with Crippen molar-refractivity contribution < 1.29 is 9.90 Å². The second-order valence-corrected chi connectivity index (χ2v) is 3.29. The Labute approximate surface area is 72.2 Å². The number of carbonyl (C=O) groups excluding carboxylic acids is 1. The van der Waals surface area contributed by atoms with Crippen LogP contribution < -0.4 is 5.32 Å². The first kappa shape index (κ1) is 10.9. The maximum Gasteiger partial charge on any atom is 0.240 e. The largest absolute Gasteiger partial charge is 0.394 e. The fourth-order valence-corrected chi connectivity index (χ4v) is 0.501. The van der Waals surface area contributed by atoms with Gasteiger partial charge in [0.25, 0.3) is 0 Å². The van der Waals surface area contributed by atoms with Crippen LogP contribution in [0.4, 0.5) is 0 Å². The summed E-state index contributed by atoms with van der Waals surface area (Å²) in [5.74, 6) is -0.355. The van der Waals surface area contributed by atoms with Crippen LogP contribution in [-0.2, 0) is 4.79 Å². The highest BCUT2D eigenvalue weighted by Crippen LogP contribution is 2.12. The first-order valence-electron chi connectivity index (χ1n) is 3.77. The van der Waals surface area contributed by atoms with E-state index in [9.17, 15) is 4.79 Å². The molecule has 2 N–H and O–H groups in total. The SMILES string of the molecule is C[C@H](CO)NC(=O)C(C)(C)C#N. The molecule has 0 aliphatic heterocycles. The number of nitrogens with zero attached hydrogens (tertiary/aromatic N) is 1. The van der Waals surface area contributed by atoms with E-state index in [0.717, 1.165) is 0 Å². The predicted molar refractivity (Wildman–Crippen MR) is 44.1 cm³/mol. The lowest BCUT2D eigenvalue weighted by molar-refractivity contribution is -0.127. The number of amides is 1. The Morgan fingerprint density at radius 3 is 2.58 bits per heavy atom. The van der Waals surface area contributed by atoms with Crippen molar-refractivity contribution in [1.29, 1.82) is 5.26 Å². The zero-order chi connectivity index (χ0) is 9.78. The number of rotatable bonds is 3. The van der Waals surface area contributed by atoms with Gasteiger partial charge in [-0.1, -0.05) is 0 Å². The lowest BCUT2D eigenvalue weighted by Gasteiger charge is -2.18. The molecule has 0 aromatic carbocycles. The van der Waals surface area contributed by atoms with E-state index in [1.165, 1.54) is 13.8 Å². The summed E-state index contributed by atoms with van der Waals surface area (Å²) in [6.07, 6.45) is 0. The molecule has 4 nitrogen and oxygen atoms in total. The highest BCUT2D eigenvalue weighted by Gasteiger charge is 2.27. The van der Waals surface area contributed by atoms with Crippen LogP contribution in [0.5, 0.6) is 0 Å². The zero-order valence-corrected chi connectivity index (χ0v) is 7.59. The lowest BCUT2D eigenvalue weighted by atomic mass is 9.94. The Bertz CT molecular complexity index is 206. The Morgan fingerprint density at radius 2 is 2.25 bits per heavy atom. The van der Waals surface area contributed by atoms with Crippen molar-refractivity contribution in [2.45, 2.75) is 26.8 Å². The number of carbonyl (C=O) groups is 1. The second-order valence-electron chi connectivity index (χ2n) is 3.29. The van der Waals surface area contributed by atoms with Gasteiger partial charge in [-0.15, -0.1) is 0 Å². The summed E-state index contributed by atoms with van der Waals surface area (Å²) in [6, 6.07) is 1.58. The average molecular weight is 170 g/mol. The molecule has 0 saturated carbocycles. The normalized spacial score (nSPS) is 13.2. The monoisotopic (exact) mass is 170 g/mol. The van der Waals surface area contributed by atoms with Crippen LogP contribution in [0.25, 0.3) is 0 Å². The Hall–Kier alpha value is -1.08. The van der Waals surface area contributed by atoms with Gasteiger partial charge in [0.1, 0.15) is 5.41 Å². The predicted octanol–water partition coefficient (Wildman–Crippen LogP) is 0.0332. The molecule has 0 heterocycles. The number of aliphatic hydroxyl groups excluding tert-OH is 1. The van der Waals surface area contributed by atoms with Gasteiger partial charge in [-0.25, -0.2) is 0 Å². The number of hydrogen-bond acceptors (Lipinski definition) is 3. The minimum absolute atomic E-state index is 0.118. The van der Waals surface area contributed by atoms with Crippen molar-refractivity contribution >= 4 is 5.91 Å². The van der Waals surface area contributed by atoms with Gasteiger partial charge in [-0.3, -0.25) is 4.79 Å². The third kappa shape index (κ3) is 2.89. The molecule has 0 spiro atoms. The van der Waals surface area contributed by atoms with Gasteiger partial charge >= 0.3 is 0 Å². The van der Waals surface area contributed by atoms with Crippen LogP contribution in [-0.4, -0.2) is 23.7 Å². The lowest BCUT2D eigenvalue weighted by Crippen LogP contribution is -2.42. The molecule has 0 bridgehead atoms. The van der Waals surface area contributed by atoms with Crippen molar-refractivity contribution in [3.05, 3.63) is 0 Å². The molecule has 0 rings (SSSR count). The molecule has 0 aliphatic rings. The first-order chi connectivity index (χ1) is 5.44. The minimum atomic E-state index is -1.02. The molecule has 1 amide bonds. The third-order valence-corrected chi connectivity index (χ3v) is 1.50. The van der Waals surface area contributed by atoms with Crippen LogP contribution in [0.1, 0.15) is 20.8 Å². The van der Waals surface area contributed by atoms with Crippen molar-refractivity contribution in [2.75, 3.05) is 6.61 Å². The molecular formula is C8H14N2O2. The van der Waals surface area contributed by atoms with Crippen LogP contribution in [0.2, 0.25) is 0 Å². The molecule has 12 heavy (non-hydrogen) atoms. The third-order valence-electron chi connectivity index (χ3n) is 1.50. The topological polar surface area (TPSA) is 73.1 Å². The van der Waals surface area contributed by atoms with Gasteiger partial charge in [0.2, 0.25) is 5.91 Å². The van der Waals surface area contributed by atoms with E-state index in [1.54, 1.807) is 6.92 Å². The first-order valence-corrected chi connectivity index (χ1v) is 3.77. The van der Waals surface area contributed by atoms with Gasteiger partial charge in [0, 0.05) is 6.04 Å². The van der Waals surface area contributed by atoms with E-state index in [0.29, 0.717) is 0 Å². The molecule has 0 radical (unpaired) electrons. The molecule has 0 saturated heterocycles. The van der Waals surface area contributed by atoms with E-state index in [4.69, 9.17) is 10.4 Å². The quantitative estimate of drug-likeness (QED) is 0.627. The average Bonchev–Trinajstić information content (AvgIpc) is 2.04. The van der Waals surface area contributed by atoms with E-state index in [1.807, 2.05) is 6.07 Å². The number of nitrogens with one attached hydrogen (secondary N) is 1. The van der Waals surface area contributed by atoms with Crippen molar-refractivity contribution in [3.8, 4) is 6.07 Å². The molecule has 0 fully saturated rings. The molecule has 1 atom stereocenters. The standard InChI is InChI=1S/C8H14N2O2/c1-6(4-11)10-7(12)8(2,3)5-9/h6,11H,4H2,1-3H3,(H,10,12)/t6-/m1/s1. The molecule has 4 heteroatoms. The van der Waals surface area contributed by atoms with Crippen molar-refractivity contribution in [2.24, 2.45) is 5.41 Å². The molecule has 0 aromatic rings. The Kier molecular flexibility index (Phi) is 3.71. The summed E-state index contributed by atoms with van der Waals surface area (Å²) in [4.78, 5) is 11.2. The molecule has 0 aromatic heterocycles. The van der Waals surface area contributed by atoms with Crippen molar-refractivity contribution in [1.82, 2.24) is 5.32 Å². The Morgan fingerprint density at radius 1 is 1.75 bits per heavy atom. The Balaban J connectivity index is 4.15. The maximum atomic E-state index is 11.2. The summed E-state index contributed by atoms with van der Waals surface area (Å²) in [7, 11) is 0. The van der Waals surface area contributed by atoms with Crippen LogP contribution in [0, 0.1) is 16.7 Å². The van der Waals surface area contributed by atoms with Gasteiger partial charge in [-0.05, 0) is 20.8 Å². The van der Waals surface area contributed by atoms with Crippen LogP contribution in [0.15, 0.2) is 0 Å². The maximum absolute atomic E-state index is 11.2. The number of nitriles is 1. The van der Waals surface area contributed by atoms with E-state index >= 15 is 0 Å². The smallest absolute Gasteiger partial charge is 0.240 e. The summed E-state index contributed by atoms with van der Waals surface area (Å²) in [5, 5.41) is 19.7. The molecular weight excluding hydrogens is 156 g/mol. The minimum Gasteiger partial charge on any atom is -0.394 e. The highest BCUT2D eigenvalue weighted by molar-refractivity contribution is 5.84. The molecule has 0 unspecified atom stereocenters. The van der Waals surface area contributed by atoms with E-state index in [-0.39, 0.29) is 18.6 Å². The van der Waals surface area contributed by atoms with Gasteiger partial charge < -0.3 is 10.4 Å². The van der Waals surface area contributed by atoms with E-state index in [2.05, 4.69) is 5.32 Å². The molecule has 0 aliphatic carbocycles. The number of aliphatic hydroxyl groups is 1. The second kappa shape index (κ2) is 4.07. The van der Waals surface area contributed by atoms with Crippen LogP contribution in [0.3, 0.4) is 0 Å². The number of hydrogen-bond donors (Lipinski definition) is 2. The fraction of sp³-hybridized carbons (Fsp3) is 0.750. The van der Waals surface area contributed by atoms with E-state index < -0.39 is 5.41 Å².